The minimum absolute atomic E-state index is 0.0866. The first-order valence-electron chi connectivity index (χ1n) is 9.68. The van der Waals surface area contributed by atoms with E-state index >= 15 is 0 Å². The Balaban J connectivity index is 1.64. The summed E-state index contributed by atoms with van der Waals surface area (Å²) in [6.45, 7) is 10.1. The minimum Gasteiger partial charge on any atom is -0.494 e. The fourth-order valence-electron chi connectivity index (χ4n) is 3.58. The van der Waals surface area contributed by atoms with Crippen LogP contribution in [0.2, 0.25) is 0 Å². The van der Waals surface area contributed by atoms with Gasteiger partial charge in [-0.15, -0.1) is 0 Å². The summed E-state index contributed by atoms with van der Waals surface area (Å²) in [4.78, 5) is 15.2. The molecule has 28 heavy (non-hydrogen) atoms. The zero-order chi connectivity index (χ0) is 19.8. The Kier molecular flexibility index (Phi) is 4.85. The second-order valence-electron chi connectivity index (χ2n) is 7.42. The molecule has 0 amide bonds. The molecule has 2 heterocycles. The van der Waals surface area contributed by atoms with Crippen LogP contribution >= 0.6 is 0 Å². The number of allylic oxidation sites excluding steroid dienone is 1. The smallest absolute Gasteiger partial charge is 0.231 e. The largest absolute Gasteiger partial charge is 0.494 e. The summed E-state index contributed by atoms with van der Waals surface area (Å²) >= 11 is 0. The summed E-state index contributed by atoms with van der Waals surface area (Å²) in [6.07, 6.45) is 1.78. The lowest BCUT2D eigenvalue weighted by atomic mass is 9.99. The maximum atomic E-state index is 13.0. The molecule has 2 aromatic carbocycles. The van der Waals surface area contributed by atoms with Crippen molar-refractivity contribution in [3.05, 3.63) is 58.3 Å². The second-order valence-corrected chi connectivity index (χ2v) is 7.42. The molecule has 0 atom stereocenters. The van der Waals surface area contributed by atoms with Crippen LogP contribution in [0.5, 0.6) is 17.2 Å². The molecule has 0 N–H and O–H groups in total. The molecule has 0 radical (unpaired) electrons. The summed E-state index contributed by atoms with van der Waals surface area (Å²) in [5.41, 5.74) is 3.43. The maximum Gasteiger partial charge on any atom is 0.231 e. The van der Waals surface area contributed by atoms with E-state index in [9.17, 15) is 4.79 Å². The number of ether oxygens (including phenoxy) is 3. The van der Waals surface area contributed by atoms with Crippen molar-refractivity contribution in [1.82, 2.24) is 4.90 Å². The van der Waals surface area contributed by atoms with Crippen LogP contribution in [0.1, 0.15) is 47.8 Å². The standard InChI is InChI=1S/C23H25NO4/c1-5-26-18-8-6-16(7-9-18)10-20-21(25)19-11-17-12-24(14(2)3)13-27-22(17)15(4)23(19)28-20/h6-11,14H,5,12-13H2,1-4H3/b20-10-. The minimum atomic E-state index is -0.0866. The predicted octanol–water partition coefficient (Wildman–Crippen LogP) is 4.57. The third-order valence-electron chi connectivity index (χ3n) is 5.18. The number of hydrogen-bond acceptors (Lipinski definition) is 5. The number of carbonyl (C=O) groups excluding carboxylic acids is 1. The molecule has 146 valence electrons. The van der Waals surface area contributed by atoms with Gasteiger partial charge in [-0.3, -0.25) is 9.69 Å². The maximum absolute atomic E-state index is 13.0. The quantitative estimate of drug-likeness (QED) is 0.728. The van der Waals surface area contributed by atoms with E-state index < -0.39 is 0 Å². The molecule has 0 unspecified atom stereocenters. The highest BCUT2D eigenvalue weighted by Gasteiger charge is 2.33. The van der Waals surface area contributed by atoms with Crippen molar-refractivity contribution in [1.29, 1.82) is 0 Å². The molecule has 0 aromatic heterocycles. The van der Waals surface area contributed by atoms with Crippen LogP contribution in [-0.2, 0) is 6.54 Å². The normalized spacial score (nSPS) is 17.3. The van der Waals surface area contributed by atoms with Crippen LogP contribution in [-0.4, -0.2) is 30.1 Å². The summed E-state index contributed by atoms with van der Waals surface area (Å²) < 4.78 is 17.4. The molecule has 2 aliphatic heterocycles. The molecule has 0 spiro atoms. The Bertz CT molecular complexity index is 944. The first-order valence-corrected chi connectivity index (χ1v) is 9.68. The number of rotatable bonds is 4. The lowest BCUT2D eigenvalue weighted by Gasteiger charge is -2.32. The Morgan fingerprint density at radius 2 is 1.96 bits per heavy atom. The third kappa shape index (κ3) is 3.27. The summed E-state index contributed by atoms with van der Waals surface area (Å²) in [5, 5.41) is 0. The summed E-state index contributed by atoms with van der Waals surface area (Å²) in [5.74, 6) is 2.51. The zero-order valence-electron chi connectivity index (χ0n) is 16.7. The van der Waals surface area contributed by atoms with Crippen LogP contribution < -0.4 is 14.2 Å². The van der Waals surface area contributed by atoms with Crippen LogP contribution in [0, 0.1) is 6.92 Å². The van der Waals surface area contributed by atoms with Gasteiger partial charge in [0.2, 0.25) is 5.78 Å². The molecule has 2 aliphatic rings. The van der Waals surface area contributed by atoms with Gasteiger partial charge in [0.25, 0.3) is 0 Å². The lowest BCUT2D eigenvalue weighted by Crippen LogP contribution is -2.37. The number of ketones is 1. The van der Waals surface area contributed by atoms with Crippen molar-refractivity contribution < 1.29 is 19.0 Å². The van der Waals surface area contributed by atoms with Crippen molar-refractivity contribution in [2.45, 2.75) is 40.3 Å². The molecule has 0 saturated carbocycles. The SMILES string of the molecule is CCOc1ccc(/C=C2\Oc3c(cc4c(c3C)OCN(C(C)C)C4)C2=O)cc1. The molecule has 5 heteroatoms. The van der Waals surface area contributed by atoms with Gasteiger partial charge in [-0.25, -0.2) is 0 Å². The van der Waals surface area contributed by atoms with E-state index in [0.717, 1.165) is 34.7 Å². The fourth-order valence-corrected chi connectivity index (χ4v) is 3.58. The van der Waals surface area contributed by atoms with Crippen LogP contribution in [0.3, 0.4) is 0 Å². The number of nitrogens with zero attached hydrogens (tertiary/aromatic N) is 1. The Hall–Kier alpha value is -2.79. The molecule has 0 aliphatic carbocycles. The molecule has 4 rings (SSSR count). The van der Waals surface area contributed by atoms with E-state index in [2.05, 4.69) is 18.7 Å². The fraction of sp³-hybridized carbons (Fsp3) is 0.348. The Morgan fingerprint density at radius 1 is 1.21 bits per heavy atom. The van der Waals surface area contributed by atoms with E-state index in [1.54, 1.807) is 6.08 Å². The molecular formula is C23H25NO4. The van der Waals surface area contributed by atoms with Gasteiger partial charge in [0.05, 0.1) is 12.2 Å². The molecule has 0 saturated heterocycles. The van der Waals surface area contributed by atoms with E-state index in [4.69, 9.17) is 14.2 Å². The first kappa shape index (κ1) is 18.6. The highest BCUT2D eigenvalue weighted by molar-refractivity contribution is 6.15. The van der Waals surface area contributed by atoms with E-state index in [-0.39, 0.29) is 5.78 Å². The molecule has 0 bridgehead atoms. The molecule has 0 fully saturated rings. The topological polar surface area (TPSA) is 48.0 Å². The van der Waals surface area contributed by atoms with Crippen molar-refractivity contribution in [2.75, 3.05) is 13.3 Å². The highest BCUT2D eigenvalue weighted by Crippen LogP contribution is 2.43. The predicted molar refractivity (Wildman–Crippen MR) is 108 cm³/mol. The zero-order valence-corrected chi connectivity index (χ0v) is 16.7. The molecular weight excluding hydrogens is 354 g/mol. The van der Waals surface area contributed by atoms with Gasteiger partial charge in [-0.05, 0) is 57.5 Å². The average molecular weight is 379 g/mol. The van der Waals surface area contributed by atoms with Crippen LogP contribution in [0.15, 0.2) is 36.1 Å². The average Bonchev–Trinajstić information content (AvgIpc) is 2.99. The van der Waals surface area contributed by atoms with Crippen molar-refractivity contribution in [3.8, 4) is 17.2 Å². The van der Waals surface area contributed by atoms with E-state index in [0.29, 0.717) is 36.5 Å². The summed E-state index contributed by atoms with van der Waals surface area (Å²) in [6, 6.07) is 9.91. The number of hydrogen-bond donors (Lipinski definition) is 0. The van der Waals surface area contributed by atoms with Crippen molar-refractivity contribution in [2.24, 2.45) is 0 Å². The van der Waals surface area contributed by atoms with Gasteiger partial charge >= 0.3 is 0 Å². The van der Waals surface area contributed by atoms with Gasteiger partial charge in [-0.2, -0.15) is 0 Å². The van der Waals surface area contributed by atoms with E-state index in [1.165, 1.54) is 0 Å². The van der Waals surface area contributed by atoms with Gasteiger partial charge in [0, 0.05) is 23.7 Å². The Labute approximate surface area is 165 Å². The molecule has 2 aromatic rings. The van der Waals surface area contributed by atoms with Gasteiger partial charge < -0.3 is 14.2 Å². The number of fused-ring (bicyclic) bond motifs is 2. The first-order chi connectivity index (χ1) is 13.5. The van der Waals surface area contributed by atoms with Crippen LogP contribution in [0.25, 0.3) is 6.08 Å². The van der Waals surface area contributed by atoms with Crippen molar-refractivity contribution in [3.63, 3.8) is 0 Å². The third-order valence-corrected chi connectivity index (χ3v) is 5.18. The molecule has 5 nitrogen and oxygen atoms in total. The lowest BCUT2D eigenvalue weighted by molar-refractivity contribution is 0.0678. The Morgan fingerprint density at radius 3 is 2.64 bits per heavy atom. The van der Waals surface area contributed by atoms with Gasteiger partial charge in [0.15, 0.2) is 5.76 Å². The number of carbonyl (C=O) groups is 1. The van der Waals surface area contributed by atoms with Gasteiger partial charge in [0.1, 0.15) is 24.0 Å². The number of benzene rings is 2. The van der Waals surface area contributed by atoms with Crippen molar-refractivity contribution >= 4 is 11.9 Å². The second kappa shape index (κ2) is 7.32. The summed E-state index contributed by atoms with van der Waals surface area (Å²) in [7, 11) is 0. The van der Waals surface area contributed by atoms with Crippen LogP contribution in [0.4, 0.5) is 0 Å². The number of Topliss-reactive ketones (excluding diaryl/α,β-unsaturated/α-hetero) is 1. The monoisotopic (exact) mass is 379 g/mol. The highest BCUT2D eigenvalue weighted by atomic mass is 16.5. The van der Waals surface area contributed by atoms with E-state index in [1.807, 2.05) is 44.2 Å². The van der Waals surface area contributed by atoms with Gasteiger partial charge in [-0.1, -0.05) is 12.1 Å².